The summed E-state index contributed by atoms with van der Waals surface area (Å²) in [6.45, 7) is 0. The van der Waals surface area contributed by atoms with E-state index >= 15 is 0 Å². The van der Waals surface area contributed by atoms with Crippen molar-refractivity contribution >= 4 is 6.08 Å². The Hall–Kier alpha value is -0.940. The fourth-order valence-corrected chi connectivity index (χ4v) is 0.283. The predicted molar refractivity (Wildman–Crippen MR) is 25.0 cm³/mol. The number of ether oxygens (including phenoxy) is 1. The summed E-state index contributed by atoms with van der Waals surface area (Å²) >= 11 is 0. The summed E-state index contributed by atoms with van der Waals surface area (Å²) in [5, 5.41) is 0. The van der Waals surface area contributed by atoms with E-state index in [2.05, 4.69) is 4.74 Å². The summed E-state index contributed by atoms with van der Waals surface area (Å²) in [5.41, 5.74) is 0. The van der Waals surface area contributed by atoms with Gasteiger partial charge in [0.2, 0.25) is 6.08 Å². The second kappa shape index (κ2) is 2.98. The van der Waals surface area contributed by atoms with Gasteiger partial charge >= 0.3 is 12.2 Å². The van der Waals surface area contributed by atoms with Crippen molar-refractivity contribution in [3.63, 3.8) is 0 Å². The minimum atomic E-state index is -5.36. The lowest BCUT2D eigenvalue weighted by Crippen LogP contribution is -2.40. The van der Waals surface area contributed by atoms with E-state index in [-0.39, 0.29) is 0 Å². The van der Waals surface area contributed by atoms with Crippen LogP contribution in [0, 0.1) is 0 Å². The van der Waals surface area contributed by atoms with Gasteiger partial charge in [0.15, 0.2) is 0 Å². The van der Waals surface area contributed by atoms with Gasteiger partial charge in [0, 0.05) is 7.11 Å². The molecule has 0 bridgehead atoms. The van der Waals surface area contributed by atoms with E-state index in [1.165, 1.54) is 0 Å². The van der Waals surface area contributed by atoms with Crippen molar-refractivity contribution in [2.75, 3.05) is 7.11 Å². The third-order valence-corrected chi connectivity index (χ3v) is 0.810. The van der Waals surface area contributed by atoms with Crippen LogP contribution < -0.4 is 0 Å². The Bertz CT molecular complexity index is 185. The summed E-state index contributed by atoms with van der Waals surface area (Å²) in [4.78, 5) is 11.1. The van der Waals surface area contributed by atoms with Crippen molar-refractivity contribution < 1.29 is 27.1 Å². The van der Waals surface area contributed by atoms with E-state index in [0.29, 0.717) is 13.2 Å². The summed E-state index contributed by atoms with van der Waals surface area (Å²) in [6, 6.07) is 0. The highest BCUT2D eigenvalue weighted by Gasteiger charge is 2.58. The number of hydrogen-bond acceptors (Lipinski definition) is 3. The minimum absolute atomic E-state index is 0.421. The topological polar surface area (TPSA) is 38.7 Å². The van der Waals surface area contributed by atoms with E-state index < -0.39 is 12.2 Å². The molecule has 0 aliphatic carbocycles. The van der Waals surface area contributed by atoms with Gasteiger partial charge in [0.05, 0.1) is 0 Å². The Morgan fingerprint density at radius 3 is 1.91 bits per heavy atom. The first-order valence-corrected chi connectivity index (χ1v) is 2.27. The molecule has 0 rings (SSSR count). The number of isocyanates is 1. The smallest absolute Gasteiger partial charge is 0.324 e. The second-order valence-corrected chi connectivity index (χ2v) is 1.47. The van der Waals surface area contributed by atoms with Gasteiger partial charge in [0.25, 0.3) is 0 Å². The van der Waals surface area contributed by atoms with Crippen molar-refractivity contribution in [1.29, 1.82) is 0 Å². The number of halogens is 4. The molecule has 0 spiro atoms. The average molecular weight is 173 g/mol. The molecule has 0 aliphatic heterocycles. The molecular formula is C4H3F4NO2. The zero-order valence-electron chi connectivity index (χ0n) is 5.28. The van der Waals surface area contributed by atoms with Gasteiger partial charge in [-0.15, -0.1) is 4.99 Å². The number of rotatable bonds is 2. The lowest BCUT2D eigenvalue weighted by molar-refractivity contribution is -0.320. The van der Waals surface area contributed by atoms with Crippen molar-refractivity contribution in [2.45, 2.75) is 12.2 Å². The molecule has 0 aliphatic rings. The molecular weight excluding hydrogens is 170 g/mol. The van der Waals surface area contributed by atoms with Crippen LogP contribution >= 0.6 is 0 Å². The highest BCUT2D eigenvalue weighted by atomic mass is 19.4. The molecule has 0 radical (unpaired) electrons. The van der Waals surface area contributed by atoms with Crippen molar-refractivity contribution in [3.05, 3.63) is 0 Å². The monoisotopic (exact) mass is 173 g/mol. The summed E-state index contributed by atoms with van der Waals surface area (Å²) in [5.74, 6) is -4.27. The number of methoxy groups -OCH3 is 1. The van der Waals surface area contributed by atoms with Crippen LogP contribution in [0.25, 0.3) is 0 Å². The third kappa shape index (κ3) is 1.99. The number of hydrogen-bond donors (Lipinski definition) is 0. The molecule has 3 nitrogen and oxygen atoms in total. The molecule has 64 valence electrons. The van der Waals surface area contributed by atoms with Gasteiger partial charge in [-0.05, 0) is 0 Å². The first-order valence-electron chi connectivity index (χ1n) is 2.27. The standard InChI is InChI=1S/C4H3F4NO2/c1-11-4(8,9-2-10)3(5,6)7/h1H3. The lowest BCUT2D eigenvalue weighted by atomic mass is 10.5. The van der Waals surface area contributed by atoms with Crippen LogP contribution in [-0.2, 0) is 9.53 Å². The van der Waals surface area contributed by atoms with Crippen LogP contribution in [0.1, 0.15) is 0 Å². The first-order chi connectivity index (χ1) is 4.87. The second-order valence-electron chi connectivity index (χ2n) is 1.47. The van der Waals surface area contributed by atoms with E-state index in [1.54, 1.807) is 0 Å². The number of nitrogens with zero attached hydrogens (tertiary/aromatic N) is 1. The van der Waals surface area contributed by atoms with Gasteiger partial charge in [-0.2, -0.15) is 17.6 Å². The average Bonchev–Trinajstić information content (AvgIpc) is 1.86. The molecule has 1 atom stereocenters. The molecule has 0 amide bonds. The van der Waals surface area contributed by atoms with Crippen LogP contribution in [0.2, 0.25) is 0 Å². The Labute approximate surface area is 58.7 Å². The molecule has 0 heterocycles. The predicted octanol–water partition coefficient (Wildman–Crippen LogP) is 1.15. The maximum absolute atomic E-state index is 12.3. The summed E-state index contributed by atoms with van der Waals surface area (Å²) in [7, 11) is 0.439. The fourth-order valence-electron chi connectivity index (χ4n) is 0.283. The molecule has 0 fully saturated rings. The maximum atomic E-state index is 12.3. The van der Waals surface area contributed by atoms with Crippen molar-refractivity contribution in [3.8, 4) is 0 Å². The van der Waals surface area contributed by atoms with Gasteiger partial charge in [-0.25, -0.2) is 4.79 Å². The quantitative estimate of drug-likeness (QED) is 0.272. The van der Waals surface area contributed by atoms with Crippen LogP contribution in [0.15, 0.2) is 4.99 Å². The Morgan fingerprint density at radius 1 is 1.36 bits per heavy atom. The summed E-state index contributed by atoms with van der Waals surface area (Å²) < 4.78 is 50.1. The molecule has 11 heavy (non-hydrogen) atoms. The van der Waals surface area contributed by atoms with Gasteiger partial charge in [0.1, 0.15) is 0 Å². The third-order valence-electron chi connectivity index (χ3n) is 0.810. The Morgan fingerprint density at radius 2 is 1.82 bits per heavy atom. The SMILES string of the molecule is COC(F)(N=C=O)C(F)(F)F. The summed E-state index contributed by atoms with van der Waals surface area (Å²) in [6.07, 6.45) is -4.94. The van der Waals surface area contributed by atoms with Crippen LogP contribution in [-0.4, -0.2) is 25.3 Å². The molecule has 0 aromatic carbocycles. The highest BCUT2D eigenvalue weighted by Crippen LogP contribution is 2.35. The molecule has 0 aromatic heterocycles. The Balaban J connectivity index is 4.74. The fraction of sp³-hybridized carbons (Fsp3) is 0.750. The normalized spacial score (nSPS) is 16.8. The van der Waals surface area contributed by atoms with Crippen molar-refractivity contribution in [2.24, 2.45) is 4.99 Å². The molecule has 0 N–H and O–H groups in total. The Kier molecular flexibility index (Phi) is 2.72. The molecule has 0 saturated heterocycles. The number of carbonyl (C=O) groups excluding carboxylic acids is 1. The number of aliphatic imine (C=N–C) groups is 1. The molecule has 1 unspecified atom stereocenters. The largest absolute Gasteiger partial charge is 0.473 e. The van der Waals surface area contributed by atoms with E-state index in [0.717, 1.165) is 0 Å². The maximum Gasteiger partial charge on any atom is 0.473 e. The van der Waals surface area contributed by atoms with Crippen LogP contribution in [0.3, 0.4) is 0 Å². The zero-order chi connectivity index (χ0) is 9.12. The van der Waals surface area contributed by atoms with Crippen LogP contribution in [0.5, 0.6) is 0 Å². The lowest BCUT2D eigenvalue weighted by Gasteiger charge is -2.19. The minimum Gasteiger partial charge on any atom is -0.324 e. The molecule has 0 aromatic rings. The first kappa shape index (κ1) is 10.1. The van der Waals surface area contributed by atoms with Crippen molar-refractivity contribution in [1.82, 2.24) is 0 Å². The van der Waals surface area contributed by atoms with Crippen LogP contribution in [0.4, 0.5) is 17.6 Å². The zero-order valence-corrected chi connectivity index (χ0v) is 5.28. The van der Waals surface area contributed by atoms with Gasteiger partial charge in [-0.1, -0.05) is 0 Å². The highest BCUT2D eigenvalue weighted by molar-refractivity contribution is 5.34. The van der Waals surface area contributed by atoms with Gasteiger partial charge in [-0.3, -0.25) is 0 Å². The van der Waals surface area contributed by atoms with E-state index in [4.69, 9.17) is 0 Å². The van der Waals surface area contributed by atoms with E-state index in [1.807, 2.05) is 4.99 Å². The molecule has 7 heteroatoms. The number of alkyl halides is 4. The van der Waals surface area contributed by atoms with Gasteiger partial charge < -0.3 is 4.74 Å². The van der Waals surface area contributed by atoms with E-state index in [9.17, 15) is 22.4 Å². The molecule has 0 saturated carbocycles.